The second kappa shape index (κ2) is 9.40. The largest absolute Gasteiger partial charge is 0.339 e. The minimum absolute atomic E-state index is 0.123. The molecule has 2 saturated heterocycles. The van der Waals surface area contributed by atoms with Crippen molar-refractivity contribution in [3.05, 3.63) is 60.1 Å². The standard InChI is InChI=1S/C24H26N6O3/c31-21-8-4-12-30(21)16-17-5-3-6-19(15-17)26-24(32)29-13-9-18(10-14-29)23-27-22(28-33-23)20-7-1-2-11-25-20/h1-3,5-7,11,15,18H,4,8-10,12-14,16H2,(H,26,32). The van der Waals surface area contributed by atoms with Crippen LogP contribution in [-0.2, 0) is 11.3 Å². The van der Waals surface area contributed by atoms with E-state index in [9.17, 15) is 9.59 Å². The summed E-state index contributed by atoms with van der Waals surface area (Å²) in [5, 5.41) is 7.05. The first-order valence-electron chi connectivity index (χ1n) is 11.3. The lowest BCUT2D eigenvalue weighted by atomic mass is 9.97. The van der Waals surface area contributed by atoms with Crippen LogP contribution in [0.25, 0.3) is 11.5 Å². The SMILES string of the molecule is O=C1CCCN1Cc1cccc(NC(=O)N2CCC(c3nc(-c4ccccn4)no3)CC2)c1. The highest BCUT2D eigenvalue weighted by Crippen LogP contribution is 2.28. The average molecular weight is 447 g/mol. The molecule has 1 aromatic carbocycles. The first-order chi connectivity index (χ1) is 16.2. The Bertz CT molecular complexity index is 1120. The Hall–Kier alpha value is -3.75. The van der Waals surface area contributed by atoms with Gasteiger partial charge in [-0.15, -0.1) is 0 Å². The quantitative estimate of drug-likeness (QED) is 0.641. The smallest absolute Gasteiger partial charge is 0.321 e. The Morgan fingerprint density at radius 1 is 1.12 bits per heavy atom. The van der Waals surface area contributed by atoms with E-state index in [1.807, 2.05) is 52.3 Å². The van der Waals surface area contributed by atoms with Gasteiger partial charge in [0.25, 0.3) is 0 Å². The number of rotatable bonds is 5. The van der Waals surface area contributed by atoms with E-state index in [1.54, 1.807) is 6.20 Å². The molecule has 4 heterocycles. The highest BCUT2D eigenvalue weighted by molar-refractivity contribution is 5.89. The second-order valence-corrected chi connectivity index (χ2v) is 8.48. The maximum Gasteiger partial charge on any atom is 0.321 e. The van der Waals surface area contributed by atoms with Gasteiger partial charge in [0.1, 0.15) is 5.69 Å². The Kier molecular flexibility index (Phi) is 6.01. The lowest BCUT2D eigenvalue weighted by Gasteiger charge is -2.30. The topological polar surface area (TPSA) is 104 Å². The zero-order valence-electron chi connectivity index (χ0n) is 18.3. The van der Waals surface area contributed by atoms with Crippen LogP contribution in [0.5, 0.6) is 0 Å². The van der Waals surface area contributed by atoms with Crippen LogP contribution in [-0.4, -0.2) is 56.5 Å². The Morgan fingerprint density at radius 3 is 2.76 bits per heavy atom. The third kappa shape index (κ3) is 4.87. The van der Waals surface area contributed by atoms with E-state index in [1.165, 1.54) is 0 Å². The maximum absolute atomic E-state index is 12.8. The summed E-state index contributed by atoms with van der Waals surface area (Å²) >= 11 is 0. The molecule has 0 bridgehead atoms. The number of amides is 3. The van der Waals surface area contributed by atoms with Crippen molar-refractivity contribution in [1.29, 1.82) is 0 Å². The number of hydrogen-bond donors (Lipinski definition) is 1. The molecule has 0 spiro atoms. The van der Waals surface area contributed by atoms with Crippen molar-refractivity contribution in [3.63, 3.8) is 0 Å². The van der Waals surface area contributed by atoms with Gasteiger partial charge < -0.3 is 19.6 Å². The molecular formula is C24H26N6O3. The predicted molar refractivity (Wildman–Crippen MR) is 121 cm³/mol. The van der Waals surface area contributed by atoms with E-state index in [2.05, 4.69) is 20.4 Å². The summed E-state index contributed by atoms with van der Waals surface area (Å²) in [6, 6.07) is 13.2. The fourth-order valence-corrected chi connectivity index (χ4v) is 4.37. The van der Waals surface area contributed by atoms with Gasteiger partial charge >= 0.3 is 6.03 Å². The summed E-state index contributed by atoms with van der Waals surface area (Å²) in [5.74, 6) is 1.40. The second-order valence-electron chi connectivity index (χ2n) is 8.48. The van der Waals surface area contributed by atoms with Gasteiger partial charge in [0.2, 0.25) is 17.6 Å². The normalized spacial score (nSPS) is 16.9. The zero-order chi connectivity index (χ0) is 22.6. The van der Waals surface area contributed by atoms with E-state index in [-0.39, 0.29) is 17.9 Å². The molecule has 5 rings (SSSR count). The van der Waals surface area contributed by atoms with Crippen LogP contribution in [0.3, 0.4) is 0 Å². The fourth-order valence-electron chi connectivity index (χ4n) is 4.37. The number of benzene rings is 1. The molecule has 3 aromatic rings. The van der Waals surface area contributed by atoms with Gasteiger partial charge in [-0.25, -0.2) is 4.79 Å². The first-order valence-corrected chi connectivity index (χ1v) is 11.3. The van der Waals surface area contributed by atoms with Crippen molar-refractivity contribution in [2.75, 3.05) is 25.0 Å². The van der Waals surface area contributed by atoms with E-state index in [4.69, 9.17) is 4.52 Å². The number of piperidine rings is 1. The van der Waals surface area contributed by atoms with E-state index < -0.39 is 0 Å². The minimum atomic E-state index is -0.123. The molecule has 2 aliphatic rings. The van der Waals surface area contributed by atoms with Crippen LogP contribution in [0.15, 0.2) is 53.2 Å². The molecule has 0 aliphatic carbocycles. The third-order valence-electron chi connectivity index (χ3n) is 6.19. The van der Waals surface area contributed by atoms with E-state index >= 15 is 0 Å². The lowest BCUT2D eigenvalue weighted by Crippen LogP contribution is -2.40. The number of nitrogens with one attached hydrogen (secondary N) is 1. The van der Waals surface area contributed by atoms with Gasteiger partial charge in [-0.2, -0.15) is 4.98 Å². The van der Waals surface area contributed by atoms with Crippen molar-refractivity contribution in [1.82, 2.24) is 24.9 Å². The van der Waals surface area contributed by atoms with Crippen LogP contribution in [0.2, 0.25) is 0 Å². The summed E-state index contributed by atoms with van der Waals surface area (Å²) in [4.78, 5) is 37.1. The summed E-state index contributed by atoms with van der Waals surface area (Å²) in [5.41, 5.74) is 2.44. The zero-order valence-corrected chi connectivity index (χ0v) is 18.3. The third-order valence-corrected chi connectivity index (χ3v) is 6.19. The summed E-state index contributed by atoms with van der Waals surface area (Å²) in [6.45, 7) is 2.60. The molecule has 9 nitrogen and oxygen atoms in total. The molecule has 33 heavy (non-hydrogen) atoms. The number of likely N-dealkylation sites (tertiary alicyclic amines) is 2. The summed E-state index contributed by atoms with van der Waals surface area (Å²) in [7, 11) is 0. The molecule has 2 aliphatic heterocycles. The fraction of sp³-hybridized carbons (Fsp3) is 0.375. The number of carbonyl (C=O) groups is 2. The van der Waals surface area contributed by atoms with E-state index in [0.29, 0.717) is 43.5 Å². The Balaban J connectivity index is 1.15. The molecule has 0 atom stereocenters. The van der Waals surface area contributed by atoms with Crippen LogP contribution in [0.1, 0.15) is 43.1 Å². The molecule has 170 valence electrons. The number of pyridine rings is 1. The van der Waals surface area contributed by atoms with Gasteiger partial charge in [0.05, 0.1) is 0 Å². The number of hydrogen-bond acceptors (Lipinski definition) is 6. The average Bonchev–Trinajstić information content (AvgIpc) is 3.50. The Morgan fingerprint density at radius 2 is 2.00 bits per heavy atom. The molecule has 1 N–H and O–H groups in total. The van der Waals surface area contributed by atoms with Crippen LogP contribution in [0.4, 0.5) is 10.5 Å². The predicted octanol–water partition coefficient (Wildman–Crippen LogP) is 3.67. The van der Waals surface area contributed by atoms with Gasteiger partial charge in [0.15, 0.2) is 0 Å². The maximum atomic E-state index is 12.8. The monoisotopic (exact) mass is 446 g/mol. The molecule has 9 heteroatoms. The van der Waals surface area contributed by atoms with Gasteiger partial charge in [-0.05, 0) is 49.1 Å². The molecular weight excluding hydrogens is 420 g/mol. The number of anilines is 1. The number of nitrogens with zero attached hydrogens (tertiary/aromatic N) is 5. The number of urea groups is 1. The Labute approximate surface area is 191 Å². The van der Waals surface area contributed by atoms with Crippen molar-refractivity contribution < 1.29 is 14.1 Å². The van der Waals surface area contributed by atoms with Gasteiger partial charge in [-0.1, -0.05) is 23.4 Å². The van der Waals surface area contributed by atoms with E-state index in [0.717, 1.165) is 37.1 Å². The molecule has 2 aromatic heterocycles. The summed E-state index contributed by atoms with van der Waals surface area (Å²) < 4.78 is 5.48. The minimum Gasteiger partial charge on any atom is -0.339 e. The first kappa shape index (κ1) is 21.1. The van der Waals surface area contributed by atoms with Crippen molar-refractivity contribution in [3.8, 4) is 11.5 Å². The number of carbonyl (C=O) groups excluding carboxylic acids is 2. The van der Waals surface area contributed by atoms with Crippen LogP contribution >= 0.6 is 0 Å². The number of aromatic nitrogens is 3. The molecule has 0 unspecified atom stereocenters. The molecule has 0 radical (unpaired) electrons. The van der Waals surface area contributed by atoms with Gasteiger partial charge in [-0.3, -0.25) is 9.78 Å². The molecule has 3 amide bonds. The molecule has 2 fully saturated rings. The van der Waals surface area contributed by atoms with Crippen molar-refractivity contribution >= 4 is 17.6 Å². The highest BCUT2D eigenvalue weighted by atomic mass is 16.5. The highest BCUT2D eigenvalue weighted by Gasteiger charge is 2.28. The van der Waals surface area contributed by atoms with Crippen LogP contribution in [0, 0.1) is 0 Å². The van der Waals surface area contributed by atoms with Crippen molar-refractivity contribution in [2.24, 2.45) is 0 Å². The molecule has 0 saturated carbocycles. The summed E-state index contributed by atoms with van der Waals surface area (Å²) in [6.07, 6.45) is 4.76. The van der Waals surface area contributed by atoms with Crippen molar-refractivity contribution in [2.45, 2.75) is 38.1 Å². The van der Waals surface area contributed by atoms with Crippen LogP contribution < -0.4 is 5.32 Å². The lowest BCUT2D eigenvalue weighted by molar-refractivity contribution is -0.128. The van der Waals surface area contributed by atoms with Gasteiger partial charge in [0, 0.05) is 50.4 Å².